The van der Waals surface area contributed by atoms with E-state index in [4.69, 9.17) is 5.11 Å². The molecule has 3 N–H and O–H groups in total. The van der Waals surface area contributed by atoms with Crippen LogP contribution in [-0.2, 0) is 6.54 Å². The Labute approximate surface area is 137 Å². The van der Waals surface area contributed by atoms with Crippen molar-refractivity contribution in [3.8, 4) is 0 Å². The highest BCUT2D eigenvalue weighted by molar-refractivity contribution is 7.13. The van der Waals surface area contributed by atoms with Gasteiger partial charge in [0.25, 0.3) is 5.91 Å². The van der Waals surface area contributed by atoms with Gasteiger partial charge in [-0.2, -0.15) is 0 Å². The minimum absolute atomic E-state index is 0.113. The lowest BCUT2D eigenvalue weighted by Gasteiger charge is -2.11. The number of hydrogen-bond acceptors (Lipinski definition) is 6. The van der Waals surface area contributed by atoms with Crippen LogP contribution in [0.5, 0.6) is 0 Å². The van der Waals surface area contributed by atoms with Crippen LogP contribution in [0.15, 0.2) is 35.7 Å². The van der Waals surface area contributed by atoms with Gasteiger partial charge in [0.1, 0.15) is 0 Å². The number of carbonyl (C=O) groups is 1. The van der Waals surface area contributed by atoms with E-state index >= 15 is 0 Å². The molecule has 0 bridgehead atoms. The molecule has 122 valence electrons. The van der Waals surface area contributed by atoms with Gasteiger partial charge in [0, 0.05) is 35.3 Å². The van der Waals surface area contributed by atoms with E-state index in [9.17, 15) is 14.9 Å². The van der Waals surface area contributed by atoms with Gasteiger partial charge in [0.15, 0.2) is 0 Å². The fraction of sp³-hybridized carbons (Fsp3) is 0.267. The number of amides is 1. The van der Waals surface area contributed by atoms with Crippen molar-refractivity contribution in [1.29, 1.82) is 0 Å². The molecule has 2 rings (SSSR count). The van der Waals surface area contributed by atoms with Crippen LogP contribution in [0, 0.1) is 10.1 Å². The molecule has 0 radical (unpaired) electrons. The monoisotopic (exact) mass is 335 g/mol. The molecule has 1 heterocycles. The highest BCUT2D eigenvalue weighted by Crippen LogP contribution is 2.23. The lowest BCUT2D eigenvalue weighted by Crippen LogP contribution is -2.34. The summed E-state index contributed by atoms with van der Waals surface area (Å²) in [6.45, 7) is 2.07. The summed E-state index contributed by atoms with van der Waals surface area (Å²) in [5.41, 5.74) is 2.15. The van der Waals surface area contributed by atoms with Gasteiger partial charge in [-0.25, -0.2) is 0 Å². The lowest BCUT2D eigenvalue weighted by molar-refractivity contribution is -0.380. The molecular weight excluding hydrogens is 318 g/mol. The summed E-state index contributed by atoms with van der Waals surface area (Å²) in [6.07, 6.45) is 0. The standard InChI is InChI=1S/C15H17N3O4S/c1-10(8-19)17-15(20)12-2-4-13(5-3-12)16-7-11-6-14(18(21)22)23-9-11/h2-6,9-10,16,19H,7-8H2,1H3,(H,17,20)/t10-/m1/s1. The van der Waals surface area contributed by atoms with Crippen molar-refractivity contribution in [1.82, 2.24) is 5.32 Å². The van der Waals surface area contributed by atoms with Gasteiger partial charge in [-0.1, -0.05) is 11.3 Å². The number of rotatable bonds is 7. The van der Waals surface area contributed by atoms with Crippen molar-refractivity contribution < 1.29 is 14.8 Å². The molecule has 1 amide bonds. The van der Waals surface area contributed by atoms with Crippen LogP contribution in [0.2, 0.25) is 0 Å². The quantitative estimate of drug-likeness (QED) is 0.532. The number of nitrogens with one attached hydrogen (secondary N) is 2. The Morgan fingerprint density at radius 2 is 2.09 bits per heavy atom. The highest BCUT2D eigenvalue weighted by atomic mass is 32.1. The fourth-order valence-corrected chi connectivity index (χ4v) is 2.58. The molecule has 0 saturated carbocycles. The van der Waals surface area contributed by atoms with Crippen LogP contribution in [0.4, 0.5) is 10.7 Å². The highest BCUT2D eigenvalue weighted by Gasteiger charge is 2.10. The second-order valence-electron chi connectivity index (χ2n) is 5.04. The van der Waals surface area contributed by atoms with Gasteiger partial charge in [0.05, 0.1) is 11.5 Å². The summed E-state index contributed by atoms with van der Waals surface area (Å²) >= 11 is 1.09. The Morgan fingerprint density at radius 3 is 2.65 bits per heavy atom. The van der Waals surface area contributed by atoms with E-state index < -0.39 is 4.92 Å². The molecule has 0 saturated heterocycles. The normalized spacial score (nSPS) is 11.7. The third kappa shape index (κ3) is 4.76. The number of benzene rings is 1. The predicted octanol–water partition coefficient (Wildman–Crippen LogP) is 2.38. The van der Waals surface area contributed by atoms with Crippen molar-refractivity contribution >= 4 is 27.9 Å². The van der Waals surface area contributed by atoms with Gasteiger partial charge >= 0.3 is 5.00 Å². The minimum Gasteiger partial charge on any atom is -0.394 e. The zero-order valence-corrected chi connectivity index (χ0v) is 13.3. The van der Waals surface area contributed by atoms with E-state index in [-0.39, 0.29) is 23.6 Å². The molecular formula is C15H17N3O4S. The molecule has 2 aromatic rings. The van der Waals surface area contributed by atoms with Gasteiger partial charge < -0.3 is 15.7 Å². The zero-order chi connectivity index (χ0) is 16.8. The van der Waals surface area contributed by atoms with Crippen molar-refractivity contribution in [2.75, 3.05) is 11.9 Å². The van der Waals surface area contributed by atoms with Crippen LogP contribution in [-0.4, -0.2) is 28.6 Å². The second-order valence-corrected chi connectivity index (χ2v) is 5.93. The third-order valence-corrected chi connectivity index (χ3v) is 4.04. The van der Waals surface area contributed by atoms with E-state index in [1.165, 1.54) is 6.07 Å². The molecule has 0 spiro atoms. The van der Waals surface area contributed by atoms with Gasteiger partial charge in [-0.3, -0.25) is 14.9 Å². The average molecular weight is 335 g/mol. The molecule has 0 aliphatic rings. The van der Waals surface area contributed by atoms with Gasteiger partial charge in [-0.05, 0) is 36.8 Å². The molecule has 0 aliphatic heterocycles. The van der Waals surface area contributed by atoms with Crippen LogP contribution in [0.3, 0.4) is 0 Å². The third-order valence-electron chi connectivity index (χ3n) is 3.11. The second kappa shape index (κ2) is 7.70. The minimum atomic E-state index is -0.408. The van der Waals surface area contributed by atoms with E-state index in [1.54, 1.807) is 36.6 Å². The number of hydrogen-bond donors (Lipinski definition) is 3. The summed E-state index contributed by atoms with van der Waals surface area (Å²) in [5, 5.41) is 27.2. The van der Waals surface area contributed by atoms with Gasteiger partial charge in [-0.15, -0.1) is 0 Å². The maximum atomic E-state index is 11.9. The molecule has 0 aliphatic carbocycles. The van der Waals surface area contributed by atoms with E-state index in [0.717, 1.165) is 22.6 Å². The SMILES string of the molecule is C[C@H](CO)NC(=O)c1ccc(NCc2csc([N+](=O)[O-])c2)cc1. The molecule has 1 aromatic carbocycles. The predicted molar refractivity (Wildman–Crippen MR) is 88.8 cm³/mol. The first-order valence-electron chi connectivity index (χ1n) is 6.97. The Bertz CT molecular complexity index is 684. The molecule has 0 unspecified atom stereocenters. The maximum Gasteiger partial charge on any atom is 0.324 e. The van der Waals surface area contributed by atoms with Crippen LogP contribution in [0.1, 0.15) is 22.8 Å². The first kappa shape index (κ1) is 16.9. The van der Waals surface area contributed by atoms with Crippen molar-refractivity contribution in [2.24, 2.45) is 0 Å². The fourth-order valence-electron chi connectivity index (χ4n) is 1.85. The topological polar surface area (TPSA) is 104 Å². The first-order valence-corrected chi connectivity index (χ1v) is 7.85. The molecule has 8 heteroatoms. The number of carbonyl (C=O) groups excluding carboxylic acids is 1. The molecule has 23 heavy (non-hydrogen) atoms. The summed E-state index contributed by atoms with van der Waals surface area (Å²) in [5.74, 6) is -0.244. The Hall–Kier alpha value is -2.45. The molecule has 1 atom stereocenters. The Kier molecular flexibility index (Phi) is 5.67. The summed E-state index contributed by atoms with van der Waals surface area (Å²) < 4.78 is 0. The van der Waals surface area contributed by atoms with Crippen molar-refractivity contribution in [3.63, 3.8) is 0 Å². The molecule has 7 nitrogen and oxygen atoms in total. The average Bonchev–Trinajstić information content (AvgIpc) is 3.02. The number of aliphatic hydroxyl groups is 1. The van der Waals surface area contributed by atoms with Crippen molar-refractivity contribution in [3.05, 3.63) is 57.0 Å². The van der Waals surface area contributed by atoms with Crippen LogP contribution < -0.4 is 10.6 Å². The number of thiophene rings is 1. The number of nitrogens with zero attached hydrogens (tertiary/aromatic N) is 1. The molecule has 1 aromatic heterocycles. The Morgan fingerprint density at radius 1 is 1.39 bits per heavy atom. The number of nitro groups is 1. The maximum absolute atomic E-state index is 11.9. The zero-order valence-electron chi connectivity index (χ0n) is 12.5. The number of anilines is 1. The van der Waals surface area contributed by atoms with Crippen molar-refractivity contribution in [2.45, 2.75) is 19.5 Å². The smallest absolute Gasteiger partial charge is 0.324 e. The van der Waals surface area contributed by atoms with Crippen LogP contribution >= 0.6 is 11.3 Å². The molecule has 0 fully saturated rings. The Balaban J connectivity index is 1.91. The van der Waals surface area contributed by atoms with E-state index in [1.807, 2.05) is 0 Å². The van der Waals surface area contributed by atoms with Crippen LogP contribution in [0.25, 0.3) is 0 Å². The summed E-state index contributed by atoms with van der Waals surface area (Å²) in [6, 6.07) is 8.12. The first-order chi connectivity index (χ1) is 11.0. The lowest BCUT2D eigenvalue weighted by atomic mass is 10.2. The number of aliphatic hydroxyl groups excluding tert-OH is 1. The summed E-state index contributed by atoms with van der Waals surface area (Å²) in [4.78, 5) is 22.1. The van der Waals surface area contributed by atoms with Gasteiger partial charge in [0.2, 0.25) is 0 Å². The van der Waals surface area contributed by atoms with E-state index in [2.05, 4.69) is 10.6 Å². The van der Waals surface area contributed by atoms with E-state index in [0.29, 0.717) is 12.1 Å². The summed E-state index contributed by atoms with van der Waals surface area (Å²) in [7, 11) is 0. The largest absolute Gasteiger partial charge is 0.394 e.